The zero-order valence-corrected chi connectivity index (χ0v) is 10.3. The minimum absolute atomic E-state index is 0.181. The number of carbonyl (C=O) groups is 2. The maximum atomic E-state index is 11.7. The SMILES string of the molecule is CCC1C(=O)NCCNCCNCCNC1=O. The lowest BCUT2D eigenvalue weighted by Gasteiger charge is -2.14. The first kappa shape index (κ1) is 13.9. The van der Waals surface area contributed by atoms with Gasteiger partial charge in [0.2, 0.25) is 11.8 Å². The van der Waals surface area contributed by atoms with Crippen LogP contribution in [0.1, 0.15) is 13.3 Å². The Morgan fingerprint density at radius 1 is 0.882 bits per heavy atom. The molecule has 0 aliphatic carbocycles. The largest absolute Gasteiger partial charge is 0.354 e. The summed E-state index contributed by atoms with van der Waals surface area (Å²) in [6.45, 7) is 6.14. The highest BCUT2D eigenvalue weighted by molar-refractivity contribution is 6.00. The first-order chi connectivity index (χ1) is 8.25. The maximum absolute atomic E-state index is 11.7. The Bertz CT molecular complexity index is 234. The van der Waals surface area contributed by atoms with E-state index >= 15 is 0 Å². The molecule has 0 aromatic rings. The summed E-state index contributed by atoms with van der Waals surface area (Å²) in [5.74, 6) is -0.936. The molecule has 0 bridgehead atoms. The number of hydrogen-bond acceptors (Lipinski definition) is 4. The van der Waals surface area contributed by atoms with Crippen LogP contribution in [0.3, 0.4) is 0 Å². The second-order valence-electron chi connectivity index (χ2n) is 4.04. The predicted octanol–water partition coefficient (Wildman–Crippen LogP) is -1.56. The second-order valence-corrected chi connectivity index (χ2v) is 4.04. The summed E-state index contributed by atoms with van der Waals surface area (Å²) in [5, 5.41) is 12.0. The lowest BCUT2D eigenvalue weighted by Crippen LogP contribution is -2.43. The minimum Gasteiger partial charge on any atom is -0.354 e. The van der Waals surface area contributed by atoms with Crippen LogP contribution in [-0.2, 0) is 9.59 Å². The van der Waals surface area contributed by atoms with Gasteiger partial charge in [-0.1, -0.05) is 6.92 Å². The fourth-order valence-electron chi connectivity index (χ4n) is 1.71. The molecule has 6 nitrogen and oxygen atoms in total. The second kappa shape index (κ2) is 8.03. The van der Waals surface area contributed by atoms with Crippen molar-refractivity contribution in [3.8, 4) is 0 Å². The highest BCUT2D eigenvalue weighted by atomic mass is 16.2. The molecule has 1 rings (SSSR count). The van der Waals surface area contributed by atoms with Crippen LogP contribution >= 0.6 is 0 Å². The quantitative estimate of drug-likeness (QED) is 0.419. The monoisotopic (exact) mass is 242 g/mol. The van der Waals surface area contributed by atoms with Crippen molar-refractivity contribution in [3.05, 3.63) is 0 Å². The van der Waals surface area contributed by atoms with Gasteiger partial charge in [-0.25, -0.2) is 0 Å². The van der Waals surface area contributed by atoms with E-state index < -0.39 is 5.92 Å². The van der Waals surface area contributed by atoms with Crippen molar-refractivity contribution in [1.29, 1.82) is 0 Å². The topological polar surface area (TPSA) is 82.3 Å². The third kappa shape index (κ3) is 5.14. The minimum atomic E-state index is -0.573. The molecule has 1 saturated heterocycles. The van der Waals surface area contributed by atoms with Crippen molar-refractivity contribution in [2.45, 2.75) is 13.3 Å². The molecule has 1 aliphatic rings. The number of rotatable bonds is 1. The number of hydrogen-bond donors (Lipinski definition) is 4. The van der Waals surface area contributed by atoms with Gasteiger partial charge in [0.05, 0.1) is 0 Å². The van der Waals surface area contributed by atoms with E-state index in [0.717, 1.165) is 26.2 Å². The van der Waals surface area contributed by atoms with Gasteiger partial charge in [-0.15, -0.1) is 0 Å². The van der Waals surface area contributed by atoms with E-state index in [2.05, 4.69) is 21.3 Å². The van der Waals surface area contributed by atoms with Gasteiger partial charge in [0.25, 0.3) is 0 Å². The van der Waals surface area contributed by atoms with Crippen LogP contribution in [0.5, 0.6) is 0 Å². The Balaban J connectivity index is 2.50. The van der Waals surface area contributed by atoms with Gasteiger partial charge in [-0.2, -0.15) is 0 Å². The molecular formula is C11H22N4O2. The molecule has 1 fully saturated rings. The fraction of sp³-hybridized carbons (Fsp3) is 0.818. The molecule has 0 aromatic heterocycles. The van der Waals surface area contributed by atoms with Crippen LogP contribution < -0.4 is 21.3 Å². The summed E-state index contributed by atoms with van der Waals surface area (Å²) in [7, 11) is 0. The van der Waals surface area contributed by atoms with Gasteiger partial charge < -0.3 is 21.3 Å². The van der Waals surface area contributed by atoms with E-state index in [9.17, 15) is 9.59 Å². The molecule has 98 valence electrons. The Labute approximate surface area is 102 Å². The van der Waals surface area contributed by atoms with Crippen LogP contribution in [0.4, 0.5) is 0 Å². The van der Waals surface area contributed by atoms with Crippen molar-refractivity contribution in [3.63, 3.8) is 0 Å². The number of amides is 2. The molecule has 1 heterocycles. The Morgan fingerprint density at radius 2 is 1.29 bits per heavy atom. The maximum Gasteiger partial charge on any atom is 0.232 e. The first-order valence-corrected chi connectivity index (χ1v) is 6.22. The van der Waals surface area contributed by atoms with Crippen LogP contribution in [0.2, 0.25) is 0 Å². The molecule has 0 saturated carbocycles. The van der Waals surface area contributed by atoms with Crippen molar-refractivity contribution >= 4 is 11.8 Å². The lowest BCUT2D eigenvalue weighted by atomic mass is 10.0. The zero-order valence-electron chi connectivity index (χ0n) is 10.3. The van der Waals surface area contributed by atoms with Gasteiger partial charge in [-0.05, 0) is 6.42 Å². The highest BCUT2D eigenvalue weighted by Crippen LogP contribution is 2.02. The summed E-state index contributed by atoms with van der Waals surface area (Å²) in [6.07, 6.45) is 0.526. The van der Waals surface area contributed by atoms with E-state index in [4.69, 9.17) is 0 Å². The summed E-state index contributed by atoms with van der Waals surface area (Å²) in [6, 6.07) is 0. The van der Waals surface area contributed by atoms with E-state index in [1.165, 1.54) is 0 Å². The average Bonchev–Trinajstić information content (AvgIpc) is 2.32. The molecule has 2 amide bonds. The van der Waals surface area contributed by atoms with Gasteiger partial charge >= 0.3 is 0 Å². The van der Waals surface area contributed by atoms with Gasteiger partial charge in [-0.3, -0.25) is 9.59 Å². The first-order valence-electron chi connectivity index (χ1n) is 6.22. The molecule has 4 N–H and O–H groups in total. The van der Waals surface area contributed by atoms with Gasteiger partial charge in [0.1, 0.15) is 5.92 Å². The van der Waals surface area contributed by atoms with E-state index in [0.29, 0.717) is 19.5 Å². The third-order valence-corrected chi connectivity index (χ3v) is 2.72. The number of nitrogens with one attached hydrogen (secondary N) is 4. The summed E-state index contributed by atoms with van der Waals surface area (Å²) < 4.78 is 0. The van der Waals surface area contributed by atoms with E-state index in [1.807, 2.05) is 6.92 Å². The standard InChI is InChI=1S/C11H22N4O2/c1-2-9-10(16)14-7-5-12-3-4-13-6-8-15-11(9)17/h9,12-13H,2-8H2,1H3,(H,14,16)(H,15,17). The molecule has 1 aliphatic heterocycles. The van der Waals surface area contributed by atoms with Crippen molar-refractivity contribution in [1.82, 2.24) is 21.3 Å². The van der Waals surface area contributed by atoms with Crippen LogP contribution in [0.25, 0.3) is 0 Å². The van der Waals surface area contributed by atoms with Gasteiger partial charge in [0.15, 0.2) is 0 Å². The van der Waals surface area contributed by atoms with Crippen LogP contribution in [-0.4, -0.2) is 51.1 Å². The van der Waals surface area contributed by atoms with Crippen LogP contribution in [0.15, 0.2) is 0 Å². The molecule has 0 atom stereocenters. The van der Waals surface area contributed by atoms with E-state index in [-0.39, 0.29) is 11.8 Å². The predicted molar refractivity (Wildman–Crippen MR) is 65.5 cm³/mol. The molecule has 0 radical (unpaired) electrons. The van der Waals surface area contributed by atoms with Crippen LogP contribution in [0, 0.1) is 5.92 Å². The van der Waals surface area contributed by atoms with Crippen molar-refractivity contribution in [2.24, 2.45) is 5.92 Å². The molecule has 6 heteroatoms. The molecule has 0 unspecified atom stereocenters. The molecule has 17 heavy (non-hydrogen) atoms. The smallest absolute Gasteiger partial charge is 0.232 e. The van der Waals surface area contributed by atoms with Gasteiger partial charge in [0, 0.05) is 39.3 Å². The lowest BCUT2D eigenvalue weighted by molar-refractivity contribution is -0.135. The highest BCUT2D eigenvalue weighted by Gasteiger charge is 2.23. The Kier molecular flexibility index (Phi) is 6.57. The zero-order chi connectivity index (χ0) is 12.5. The van der Waals surface area contributed by atoms with E-state index in [1.54, 1.807) is 0 Å². The summed E-state index contributed by atoms with van der Waals surface area (Å²) in [4.78, 5) is 23.5. The Morgan fingerprint density at radius 3 is 1.71 bits per heavy atom. The third-order valence-electron chi connectivity index (χ3n) is 2.72. The van der Waals surface area contributed by atoms with Crippen molar-refractivity contribution in [2.75, 3.05) is 39.3 Å². The Hall–Kier alpha value is -1.14. The average molecular weight is 242 g/mol. The number of carbonyl (C=O) groups excluding carboxylic acids is 2. The fourth-order valence-corrected chi connectivity index (χ4v) is 1.71. The summed E-state index contributed by atoms with van der Waals surface area (Å²) in [5.41, 5.74) is 0. The normalized spacial score (nSPS) is 21.7. The molecule has 0 aromatic carbocycles. The summed E-state index contributed by atoms with van der Waals surface area (Å²) >= 11 is 0. The molecular weight excluding hydrogens is 220 g/mol. The molecule has 0 spiro atoms. The van der Waals surface area contributed by atoms with Crippen molar-refractivity contribution < 1.29 is 9.59 Å².